The summed E-state index contributed by atoms with van der Waals surface area (Å²) < 4.78 is 20.2. The van der Waals surface area contributed by atoms with Crippen LogP contribution in [-0.4, -0.2) is 21.1 Å². The average Bonchev–Trinajstić information content (AvgIpc) is 2.59. The second kappa shape index (κ2) is 8.03. The Hall–Kier alpha value is -1.15. The molecule has 0 aliphatic carbocycles. The fourth-order valence-electron chi connectivity index (χ4n) is 2.58. The SMILES string of the molecule is CC(C)(C)[Si](C)(C)OCCCP(=O)(c1ccccc1)c1ccccc1. The van der Waals surface area contributed by atoms with E-state index in [9.17, 15) is 4.57 Å². The summed E-state index contributed by atoms with van der Waals surface area (Å²) in [6.07, 6.45) is 1.46. The van der Waals surface area contributed by atoms with Crippen LogP contribution in [0, 0.1) is 0 Å². The lowest BCUT2D eigenvalue weighted by molar-refractivity contribution is 0.288. The number of benzene rings is 2. The van der Waals surface area contributed by atoms with E-state index in [1.54, 1.807) is 0 Å². The van der Waals surface area contributed by atoms with Crippen LogP contribution < -0.4 is 10.6 Å². The van der Waals surface area contributed by atoms with Gasteiger partial charge in [0.15, 0.2) is 8.32 Å². The van der Waals surface area contributed by atoms with E-state index in [-0.39, 0.29) is 5.04 Å². The molecule has 0 saturated heterocycles. The van der Waals surface area contributed by atoms with Crippen LogP contribution in [0.2, 0.25) is 18.1 Å². The Balaban J connectivity index is 2.13. The molecule has 0 aromatic heterocycles. The van der Waals surface area contributed by atoms with Gasteiger partial charge >= 0.3 is 0 Å². The molecule has 2 aromatic carbocycles. The van der Waals surface area contributed by atoms with Crippen LogP contribution in [0.25, 0.3) is 0 Å². The summed E-state index contributed by atoms with van der Waals surface area (Å²) in [4.78, 5) is 0. The van der Waals surface area contributed by atoms with E-state index in [1.807, 2.05) is 60.7 Å². The van der Waals surface area contributed by atoms with Crippen LogP contribution in [-0.2, 0) is 8.99 Å². The molecule has 0 radical (unpaired) electrons. The van der Waals surface area contributed by atoms with Gasteiger partial charge in [0.2, 0.25) is 0 Å². The van der Waals surface area contributed by atoms with Gasteiger partial charge in [-0.05, 0) is 24.6 Å². The van der Waals surface area contributed by atoms with Crippen LogP contribution >= 0.6 is 7.14 Å². The first kappa shape index (κ1) is 20.2. The van der Waals surface area contributed by atoms with Gasteiger partial charge in [-0.25, -0.2) is 0 Å². The Labute approximate surface area is 154 Å². The van der Waals surface area contributed by atoms with Gasteiger partial charge in [-0.1, -0.05) is 81.4 Å². The topological polar surface area (TPSA) is 26.3 Å². The zero-order valence-electron chi connectivity index (χ0n) is 16.2. The van der Waals surface area contributed by atoms with E-state index in [0.717, 1.165) is 17.0 Å². The Kier molecular flexibility index (Phi) is 6.48. The highest BCUT2D eigenvalue weighted by atomic mass is 31.2. The van der Waals surface area contributed by atoms with Crippen molar-refractivity contribution in [2.24, 2.45) is 0 Å². The maximum atomic E-state index is 13.9. The molecule has 0 amide bonds. The molecule has 4 heteroatoms. The van der Waals surface area contributed by atoms with Crippen molar-refractivity contribution >= 4 is 26.1 Å². The van der Waals surface area contributed by atoms with Gasteiger partial charge < -0.3 is 8.99 Å². The molecular formula is C21H31O2PSi. The quantitative estimate of drug-likeness (QED) is 0.368. The zero-order valence-corrected chi connectivity index (χ0v) is 18.1. The van der Waals surface area contributed by atoms with E-state index in [0.29, 0.717) is 12.8 Å². The Morgan fingerprint density at radius 3 is 1.72 bits per heavy atom. The first-order valence-corrected chi connectivity index (χ1v) is 13.8. The van der Waals surface area contributed by atoms with E-state index < -0.39 is 15.5 Å². The largest absolute Gasteiger partial charge is 0.417 e. The van der Waals surface area contributed by atoms with E-state index in [2.05, 4.69) is 33.9 Å². The Morgan fingerprint density at radius 1 is 0.880 bits per heavy atom. The summed E-state index contributed by atoms with van der Waals surface area (Å²) in [6.45, 7) is 12.0. The summed E-state index contributed by atoms with van der Waals surface area (Å²) in [7, 11) is -4.36. The molecule has 25 heavy (non-hydrogen) atoms. The predicted octanol–water partition coefficient (Wildman–Crippen LogP) is 5.41. The minimum atomic E-state index is -2.61. The van der Waals surface area contributed by atoms with Crippen molar-refractivity contribution in [3.63, 3.8) is 0 Å². The molecule has 2 aromatic rings. The van der Waals surface area contributed by atoms with Crippen LogP contribution in [0.5, 0.6) is 0 Å². The molecule has 2 rings (SSSR count). The lowest BCUT2D eigenvalue weighted by Gasteiger charge is -2.36. The van der Waals surface area contributed by atoms with Crippen molar-refractivity contribution in [3.05, 3.63) is 60.7 Å². The number of rotatable bonds is 7. The van der Waals surface area contributed by atoms with Crippen LogP contribution in [0.4, 0.5) is 0 Å². The molecular weight excluding hydrogens is 343 g/mol. The normalized spacial score (nSPS) is 13.0. The third-order valence-electron chi connectivity index (χ3n) is 5.23. The summed E-state index contributed by atoms with van der Waals surface area (Å²) in [5.74, 6) is 0. The Morgan fingerprint density at radius 2 is 1.32 bits per heavy atom. The smallest absolute Gasteiger partial charge is 0.191 e. The first-order valence-electron chi connectivity index (χ1n) is 9.01. The molecule has 2 nitrogen and oxygen atoms in total. The Bertz CT molecular complexity index is 662. The highest BCUT2D eigenvalue weighted by molar-refractivity contribution is 7.78. The van der Waals surface area contributed by atoms with Crippen molar-refractivity contribution in [1.82, 2.24) is 0 Å². The van der Waals surface area contributed by atoms with Gasteiger partial charge in [0, 0.05) is 23.4 Å². The standard InChI is InChI=1S/C21H31O2PSi/c1-21(2,3)25(4,5)23-17-12-18-24(22,19-13-8-6-9-14-19)20-15-10-7-11-16-20/h6-11,13-16H,12,17-18H2,1-5H3. The van der Waals surface area contributed by atoms with Crippen LogP contribution in [0.3, 0.4) is 0 Å². The van der Waals surface area contributed by atoms with Gasteiger partial charge in [-0.15, -0.1) is 0 Å². The molecule has 0 N–H and O–H groups in total. The third-order valence-corrected chi connectivity index (χ3v) is 13.0. The number of hydrogen-bond donors (Lipinski definition) is 0. The van der Waals surface area contributed by atoms with Gasteiger partial charge in [0.05, 0.1) is 0 Å². The first-order chi connectivity index (χ1) is 11.7. The molecule has 0 bridgehead atoms. The molecule has 0 aliphatic rings. The van der Waals surface area contributed by atoms with Crippen molar-refractivity contribution in [2.75, 3.05) is 12.8 Å². The van der Waals surface area contributed by atoms with Crippen molar-refractivity contribution < 1.29 is 8.99 Å². The van der Waals surface area contributed by atoms with E-state index >= 15 is 0 Å². The van der Waals surface area contributed by atoms with E-state index in [4.69, 9.17) is 4.43 Å². The minimum Gasteiger partial charge on any atom is -0.417 e. The zero-order chi connectivity index (χ0) is 18.6. The van der Waals surface area contributed by atoms with Gasteiger partial charge in [0.25, 0.3) is 0 Å². The highest BCUT2D eigenvalue weighted by Crippen LogP contribution is 2.44. The summed E-state index contributed by atoms with van der Waals surface area (Å²) in [6, 6.07) is 19.8. The van der Waals surface area contributed by atoms with Crippen molar-refractivity contribution in [1.29, 1.82) is 0 Å². The lowest BCUT2D eigenvalue weighted by Crippen LogP contribution is -2.41. The van der Waals surface area contributed by atoms with Gasteiger partial charge in [-0.3, -0.25) is 0 Å². The van der Waals surface area contributed by atoms with E-state index in [1.165, 1.54) is 0 Å². The van der Waals surface area contributed by atoms with Crippen molar-refractivity contribution in [3.8, 4) is 0 Å². The van der Waals surface area contributed by atoms with Gasteiger partial charge in [0.1, 0.15) is 7.14 Å². The molecule has 0 spiro atoms. The summed E-state index contributed by atoms with van der Waals surface area (Å²) in [5.41, 5.74) is 0. The maximum absolute atomic E-state index is 13.9. The van der Waals surface area contributed by atoms with Crippen LogP contribution in [0.1, 0.15) is 27.2 Å². The molecule has 0 unspecified atom stereocenters. The molecule has 0 saturated carbocycles. The average molecular weight is 375 g/mol. The third kappa shape index (κ3) is 4.94. The maximum Gasteiger partial charge on any atom is 0.191 e. The molecule has 0 heterocycles. The second-order valence-corrected chi connectivity index (χ2v) is 15.9. The fourth-order valence-corrected chi connectivity index (χ4v) is 6.36. The van der Waals surface area contributed by atoms with Crippen LogP contribution in [0.15, 0.2) is 60.7 Å². The second-order valence-electron chi connectivity index (χ2n) is 8.10. The predicted molar refractivity (Wildman–Crippen MR) is 112 cm³/mol. The highest BCUT2D eigenvalue weighted by Gasteiger charge is 2.37. The molecule has 136 valence electrons. The lowest BCUT2D eigenvalue weighted by atomic mass is 10.2. The number of hydrogen-bond acceptors (Lipinski definition) is 2. The van der Waals surface area contributed by atoms with Gasteiger partial charge in [-0.2, -0.15) is 0 Å². The fraction of sp³-hybridized carbons (Fsp3) is 0.429. The molecule has 0 fully saturated rings. The monoisotopic (exact) mass is 374 g/mol. The minimum absolute atomic E-state index is 0.204. The van der Waals surface area contributed by atoms with Crippen molar-refractivity contribution in [2.45, 2.75) is 45.3 Å². The molecule has 0 atom stereocenters. The summed E-state index contributed by atoms with van der Waals surface area (Å²) >= 11 is 0. The summed E-state index contributed by atoms with van der Waals surface area (Å²) in [5, 5.41) is 2.08. The molecule has 0 aliphatic heterocycles.